The van der Waals surface area contributed by atoms with E-state index in [9.17, 15) is 31.1 Å². The zero-order chi connectivity index (χ0) is 31.8. The molecule has 43 heavy (non-hydrogen) atoms. The third-order valence-electron chi connectivity index (χ3n) is 6.30. The van der Waals surface area contributed by atoms with Crippen LogP contribution in [0.15, 0.2) is 48.8 Å². The number of nitrogens with zero attached hydrogens (tertiary/aromatic N) is 3. The molecule has 0 aliphatic heterocycles. The fraction of sp³-hybridized carbons (Fsp3) is 0.393. The van der Waals surface area contributed by atoms with E-state index in [1.165, 1.54) is 24.4 Å². The third-order valence-corrected chi connectivity index (χ3v) is 6.30. The first-order valence-corrected chi connectivity index (χ1v) is 13.1. The Hall–Kier alpha value is -4.01. The van der Waals surface area contributed by atoms with Crippen molar-refractivity contribution in [1.82, 2.24) is 9.97 Å². The van der Waals surface area contributed by atoms with Crippen LogP contribution in [-0.4, -0.2) is 43.4 Å². The van der Waals surface area contributed by atoms with Gasteiger partial charge in [-0.15, -0.1) is 0 Å². The summed E-state index contributed by atoms with van der Waals surface area (Å²) in [5.41, 5.74) is -1.40. The van der Waals surface area contributed by atoms with Crippen LogP contribution in [0.5, 0.6) is 11.5 Å². The number of aromatic nitrogens is 2. The van der Waals surface area contributed by atoms with E-state index in [1.807, 2.05) is 26.0 Å². The maximum Gasteiger partial charge on any atom is 0.416 e. The number of alkyl halides is 6. The van der Waals surface area contributed by atoms with Gasteiger partial charge in [-0.2, -0.15) is 32.2 Å². The maximum atomic E-state index is 13.5. The van der Waals surface area contributed by atoms with Crippen LogP contribution >= 0.6 is 0 Å². The molecule has 0 atom stereocenters. The molecular weight excluding hydrogens is 581 g/mol. The highest BCUT2D eigenvalue weighted by Crippen LogP contribution is 2.36. The molecule has 0 saturated carbocycles. The second-order valence-electron chi connectivity index (χ2n) is 9.82. The van der Waals surface area contributed by atoms with Crippen LogP contribution < -0.4 is 25.7 Å². The van der Waals surface area contributed by atoms with Crippen LogP contribution in [0, 0.1) is 0 Å². The van der Waals surface area contributed by atoms with Gasteiger partial charge in [0.05, 0.1) is 43.7 Å². The molecule has 0 spiro atoms. The summed E-state index contributed by atoms with van der Waals surface area (Å²) in [6.45, 7) is 3.75. The van der Waals surface area contributed by atoms with E-state index in [1.54, 1.807) is 13.3 Å². The lowest BCUT2D eigenvalue weighted by atomic mass is 9.68. The first-order valence-electron chi connectivity index (χ1n) is 13.1. The second kappa shape index (κ2) is 14.4. The van der Waals surface area contributed by atoms with Gasteiger partial charge in [0.15, 0.2) is 13.0 Å². The molecule has 0 fully saturated rings. The van der Waals surface area contributed by atoms with E-state index < -0.39 is 29.4 Å². The van der Waals surface area contributed by atoms with Crippen LogP contribution in [0.25, 0.3) is 0 Å². The number of carbonyl (C=O) groups is 1. The lowest BCUT2D eigenvalue weighted by Gasteiger charge is -2.24. The van der Waals surface area contributed by atoms with Gasteiger partial charge in [-0.25, -0.2) is 9.97 Å². The van der Waals surface area contributed by atoms with Gasteiger partial charge >= 0.3 is 18.3 Å². The molecule has 8 nitrogen and oxygen atoms in total. The number of halogens is 6. The number of benzene rings is 2. The topological polar surface area (TPSA) is 99.8 Å². The van der Waals surface area contributed by atoms with E-state index in [0.29, 0.717) is 29.8 Å². The molecule has 0 amide bonds. The van der Waals surface area contributed by atoms with Crippen molar-refractivity contribution in [2.24, 2.45) is 5.90 Å². The van der Waals surface area contributed by atoms with Crippen molar-refractivity contribution in [2.45, 2.75) is 51.5 Å². The van der Waals surface area contributed by atoms with E-state index in [2.05, 4.69) is 14.8 Å². The van der Waals surface area contributed by atoms with Gasteiger partial charge in [-0.1, -0.05) is 26.0 Å². The Balaban J connectivity index is 1.92. The monoisotopic (exact) mass is 611 g/mol. The largest absolute Gasteiger partial charge is 0.497 e. The molecule has 0 bridgehead atoms. The summed E-state index contributed by atoms with van der Waals surface area (Å²) >= 11 is 0. The van der Waals surface area contributed by atoms with E-state index in [4.69, 9.17) is 15.4 Å². The van der Waals surface area contributed by atoms with Crippen LogP contribution in [0.2, 0.25) is 0 Å². The molecule has 2 aromatic carbocycles. The van der Waals surface area contributed by atoms with Crippen molar-refractivity contribution in [3.05, 3.63) is 71.0 Å². The quantitative estimate of drug-likeness (QED) is 0.122. The molecule has 2 N–H and O–H groups in total. The summed E-state index contributed by atoms with van der Waals surface area (Å²) in [6.07, 6.45) is -7.03. The van der Waals surface area contributed by atoms with Gasteiger partial charge in [0.25, 0.3) is 0 Å². The fourth-order valence-electron chi connectivity index (χ4n) is 4.04. The lowest BCUT2D eigenvalue weighted by molar-refractivity contribution is -0.145. The van der Waals surface area contributed by atoms with Crippen molar-refractivity contribution >= 4 is 24.7 Å². The number of ether oxygens (including phenoxy) is 2. The van der Waals surface area contributed by atoms with Crippen molar-refractivity contribution in [2.75, 3.05) is 25.1 Å². The second-order valence-corrected chi connectivity index (χ2v) is 9.82. The summed E-state index contributed by atoms with van der Waals surface area (Å²) < 4.78 is 92.0. The molecular formula is C28H30BF6N4O4. The molecule has 1 radical (unpaired) electrons. The maximum absolute atomic E-state index is 13.5. The molecule has 0 unspecified atom stereocenters. The van der Waals surface area contributed by atoms with Crippen molar-refractivity contribution in [3.8, 4) is 11.5 Å². The summed E-state index contributed by atoms with van der Waals surface area (Å²) in [5.74, 6) is 5.16. The van der Waals surface area contributed by atoms with Crippen LogP contribution in [0.3, 0.4) is 0 Å². The average Bonchev–Trinajstić information content (AvgIpc) is 2.96. The number of hydrogen-bond donors (Lipinski definition) is 1. The zero-order valence-electron chi connectivity index (χ0n) is 23.6. The Morgan fingerprint density at radius 3 is 2.16 bits per heavy atom. The molecule has 0 saturated heterocycles. The summed E-state index contributed by atoms with van der Waals surface area (Å²) in [7, 11) is 3.22. The Morgan fingerprint density at radius 1 is 1.00 bits per heavy atom. The van der Waals surface area contributed by atoms with Gasteiger partial charge in [-0.3, -0.25) is 4.79 Å². The smallest absolute Gasteiger partial charge is 0.416 e. The highest BCUT2D eigenvalue weighted by Gasteiger charge is 2.37. The van der Waals surface area contributed by atoms with Gasteiger partial charge in [0.2, 0.25) is 5.95 Å². The minimum atomic E-state index is -4.99. The predicted molar refractivity (Wildman–Crippen MR) is 147 cm³/mol. The molecule has 3 rings (SSSR count). The Bertz CT molecular complexity index is 1340. The van der Waals surface area contributed by atoms with E-state index in [-0.39, 0.29) is 55.3 Å². The fourth-order valence-corrected chi connectivity index (χ4v) is 4.04. The predicted octanol–water partition coefficient (Wildman–Crippen LogP) is 5.22. The normalized spacial score (nSPS) is 11.8. The number of carbonyl (C=O) groups excluding carboxylic acids is 1. The number of hydrogen-bond acceptors (Lipinski definition) is 8. The number of anilines is 1. The minimum absolute atomic E-state index is 0.0108. The van der Waals surface area contributed by atoms with Gasteiger partial charge < -0.3 is 19.2 Å². The number of nitrogens with two attached hydrogens (primary N) is 1. The summed E-state index contributed by atoms with van der Waals surface area (Å²) in [5, 5.41) is 0. The standard InChI is InChI=1S/C28H30BF6N4O4/c1-17(2)19-6-7-24(41-3)23(11-19)29-16-39(26-37-13-22(14-38-26)42-8-4-5-25(40)43-36)15-18-9-20(27(30,31)32)12-21(10-18)28(33,34)35/h6-7,9-14,17H,4-5,8,15-16,36H2,1-3H3. The summed E-state index contributed by atoms with van der Waals surface area (Å²) in [4.78, 5) is 25.1. The highest BCUT2D eigenvalue weighted by atomic mass is 19.4. The van der Waals surface area contributed by atoms with Crippen molar-refractivity contribution in [3.63, 3.8) is 0 Å². The molecule has 3 aromatic rings. The summed E-state index contributed by atoms with van der Waals surface area (Å²) in [6, 6.07) is 7.01. The van der Waals surface area contributed by atoms with Gasteiger partial charge in [0.1, 0.15) is 5.75 Å². The van der Waals surface area contributed by atoms with Gasteiger partial charge in [0, 0.05) is 6.54 Å². The van der Waals surface area contributed by atoms with Gasteiger partial charge in [-0.05, 0) is 59.6 Å². The molecule has 1 heterocycles. The first-order chi connectivity index (χ1) is 20.2. The molecule has 231 valence electrons. The first kappa shape index (κ1) is 33.5. The Morgan fingerprint density at radius 2 is 1.63 bits per heavy atom. The lowest BCUT2D eigenvalue weighted by Crippen LogP contribution is -2.35. The highest BCUT2D eigenvalue weighted by molar-refractivity contribution is 6.55. The molecule has 0 aliphatic carbocycles. The minimum Gasteiger partial charge on any atom is -0.497 e. The van der Waals surface area contributed by atoms with Crippen LogP contribution in [0.4, 0.5) is 32.3 Å². The average molecular weight is 611 g/mol. The Labute approximate surface area is 245 Å². The SMILES string of the molecule is COc1ccc(C(C)C)cc1[B]CN(Cc1cc(C(F)(F)F)cc(C(F)(F)F)c1)c1ncc(OCCCC(=O)ON)cn1. The zero-order valence-corrected chi connectivity index (χ0v) is 23.6. The van der Waals surface area contributed by atoms with Crippen molar-refractivity contribution < 1.29 is 45.4 Å². The number of rotatable bonds is 13. The van der Waals surface area contributed by atoms with Crippen LogP contribution in [0.1, 0.15) is 54.9 Å². The molecule has 15 heteroatoms. The molecule has 1 aromatic heterocycles. The van der Waals surface area contributed by atoms with Crippen molar-refractivity contribution in [1.29, 1.82) is 0 Å². The molecule has 0 aliphatic rings. The Kier molecular flexibility index (Phi) is 11.3. The number of methoxy groups -OCH3 is 1. The van der Waals surface area contributed by atoms with Crippen LogP contribution in [-0.2, 0) is 28.5 Å². The third kappa shape index (κ3) is 9.77. The van der Waals surface area contributed by atoms with E-state index in [0.717, 1.165) is 5.56 Å². The van der Waals surface area contributed by atoms with E-state index >= 15 is 0 Å².